The van der Waals surface area contributed by atoms with E-state index in [9.17, 15) is 0 Å². The van der Waals surface area contributed by atoms with Crippen LogP contribution in [0.5, 0.6) is 0 Å². The normalized spacial score (nSPS) is 12.0. The molecule has 0 amide bonds. The van der Waals surface area contributed by atoms with Crippen molar-refractivity contribution in [2.24, 2.45) is 0 Å². The van der Waals surface area contributed by atoms with E-state index in [0.717, 1.165) is 16.5 Å². The monoisotopic (exact) mass is 265 g/mol. The Morgan fingerprint density at radius 3 is 2.78 bits per heavy atom. The van der Waals surface area contributed by atoms with Gasteiger partial charge in [-0.2, -0.15) is 5.10 Å². The van der Waals surface area contributed by atoms with Crippen LogP contribution in [0.25, 0.3) is 0 Å². The van der Waals surface area contributed by atoms with Crippen LogP contribution < -0.4 is 5.32 Å². The SMILES string of the molecule is CNCc1ncn(Cc2nc(C(C)(C)C)cs2)n1. The predicted octanol–water partition coefficient (Wildman–Crippen LogP) is 1.80. The molecule has 0 aliphatic heterocycles. The standard InChI is InChI=1S/C12H19N5S/c1-12(2,3)9-7-18-11(15-9)6-17-8-14-10(16-17)5-13-4/h7-8,13H,5-6H2,1-4H3. The van der Waals surface area contributed by atoms with Crippen molar-refractivity contribution in [1.29, 1.82) is 0 Å². The van der Waals surface area contributed by atoms with Crippen LogP contribution in [-0.2, 0) is 18.5 Å². The second-order valence-corrected chi connectivity index (χ2v) is 6.21. The minimum Gasteiger partial charge on any atom is -0.313 e. The van der Waals surface area contributed by atoms with E-state index in [4.69, 9.17) is 0 Å². The Hall–Kier alpha value is -1.27. The molecular formula is C12H19N5S. The highest BCUT2D eigenvalue weighted by molar-refractivity contribution is 7.09. The Morgan fingerprint density at radius 1 is 1.39 bits per heavy atom. The smallest absolute Gasteiger partial charge is 0.164 e. The maximum absolute atomic E-state index is 4.65. The van der Waals surface area contributed by atoms with Gasteiger partial charge >= 0.3 is 0 Å². The first-order valence-electron chi connectivity index (χ1n) is 5.97. The Bertz CT molecular complexity index is 509. The van der Waals surface area contributed by atoms with Gasteiger partial charge in [-0.15, -0.1) is 11.3 Å². The molecular weight excluding hydrogens is 246 g/mol. The molecule has 0 spiro atoms. The lowest BCUT2D eigenvalue weighted by molar-refractivity contribution is 0.567. The fraction of sp³-hybridized carbons (Fsp3) is 0.583. The van der Waals surface area contributed by atoms with Gasteiger partial charge in [0.25, 0.3) is 0 Å². The topological polar surface area (TPSA) is 55.6 Å². The Labute approximate surface area is 111 Å². The van der Waals surface area contributed by atoms with Gasteiger partial charge in [-0.25, -0.2) is 14.6 Å². The van der Waals surface area contributed by atoms with Crippen molar-refractivity contribution >= 4 is 11.3 Å². The highest BCUT2D eigenvalue weighted by Gasteiger charge is 2.17. The summed E-state index contributed by atoms with van der Waals surface area (Å²) in [5.74, 6) is 0.810. The minimum absolute atomic E-state index is 0.106. The van der Waals surface area contributed by atoms with Crippen LogP contribution in [0.3, 0.4) is 0 Å². The molecule has 1 N–H and O–H groups in total. The third-order valence-electron chi connectivity index (χ3n) is 2.54. The molecule has 0 unspecified atom stereocenters. The number of rotatable bonds is 4. The summed E-state index contributed by atoms with van der Waals surface area (Å²) in [6.07, 6.45) is 1.75. The van der Waals surface area contributed by atoms with Crippen LogP contribution in [-0.4, -0.2) is 26.8 Å². The maximum atomic E-state index is 4.65. The van der Waals surface area contributed by atoms with E-state index in [0.29, 0.717) is 13.1 Å². The molecule has 5 nitrogen and oxygen atoms in total. The van der Waals surface area contributed by atoms with Crippen molar-refractivity contribution in [1.82, 2.24) is 25.1 Å². The van der Waals surface area contributed by atoms with Gasteiger partial charge in [-0.1, -0.05) is 20.8 Å². The largest absolute Gasteiger partial charge is 0.313 e. The van der Waals surface area contributed by atoms with Gasteiger partial charge in [0.05, 0.1) is 18.8 Å². The van der Waals surface area contributed by atoms with Gasteiger partial charge in [-0.05, 0) is 7.05 Å². The fourth-order valence-corrected chi connectivity index (χ4v) is 2.53. The van der Waals surface area contributed by atoms with Crippen LogP contribution >= 0.6 is 11.3 Å². The molecule has 98 valence electrons. The summed E-state index contributed by atoms with van der Waals surface area (Å²) in [7, 11) is 1.89. The summed E-state index contributed by atoms with van der Waals surface area (Å²) in [6, 6.07) is 0. The minimum atomic E-state index is 0.106. The number of nitrogens with zero attached hydrogens (tertiary/aromatic N) is 4. The zero-order chi connectivity index (χ0) is 13.2. The molecule has 0 aliphatic carbocycles. The third kappa shape index (κ3) is 3.14. The van der Waals surface area contributed by atoms with Gasteiger partial charge in [0.15, 0.2) is 5.82 Å². The van der Waals surface area contributed by atoms with E-state index in [1.807, 2.05) is 11.7 Å². The molecule has 2 aromatic rings. The van der Waals surface area contributed by atoms with Crippen molar-refractivity contribution in [3.8, 4) is 0 Å². The molecule has 18 heavy (non-hydrogen) atoms. The van der Waals surface area contributed by atoms with Gasteiger partial charge < -0.3 is 5.32 Å². The van der Waals surface area contributed by atoms with Gasteiger partial charge in [0.2, 0.25) is 0 Å². The van der Waals surface area contributed by atoms with E-state index < -0.39 is 0 Å². The number of hydrogen-bond donors (Lipinski definition) is 1. The lowest BCUT2D eigenvalue weighted by Crippen LogP contribution is -2.12. The highest BCUT2D eigenvalue weighted by atomic mass is 32.1. The molecule has 0 atom stereocenters. The van der Waals surface area contributed by atoms with Gasteiger partial charge in [-0.3, -0.25) is 0 Å². The van der Waals surface area contributed by atoms with Crippen molar-refractivity contribution in [3.05, 3.63) is 28.2 Å². The summed E-state index contributed by atoms with van der Waals surface area (Å²) in [5.41, 5.74) is 1.24. The summed E-state index contributed by atoms with van der Waals surface area (Å²) in [4.78, 5) is 8.87. The fourth-order valence-electron chi connectivity index (χ4n) is 1.52. The predicted molar refractivity (Wildman–Crippen MR) is 72.7 cm³/mol. The van der Waals surface area contributed by atoms with Crippen molar-refractivity contribution < 1.29 is 0 Å². The lowest BCUT2D eigenvalue weighted by Gasteiger charge is -2.14. The van der Waals surface area contributed by atoms with E-state index in [2.05, 4.69) is 46.5 Å². The Morgan fingerprint density at radius 2 is 2.17 bits per heavy atom. The van der Waals surface area contributed by atoms with E-state index in [1.54, 1.807) is 17.7 Å². The molecule has 0 fully saturated rings. The first kappa shape index (κ1) is 13.2. The van der Waals surface area contributed by atoms with E-state index >= 15 is 0 Å². The third-order valence-corrected chi connectivity index (χ3v) is 3.37. The molecule has 0 radical (unpaired) electrons. The zero-order valence-electron chi connectivity index (χ0n) is 11.3. The van der Waals surface area contributed by atoms with Crippen molar-refractivity contribution in [2.75, 3.05) is 7.05 Å². The second kappa shape index (κ2) is 5.16. The number of aromatic nitrogens is 4. The average molecular weight is 265 g/mol. The van der Waals surface area contributed by atoms with Crippen molar-refractivity contribution in [3.63, 3.8) is 0 Å². The molecule has 2 aromatic heterocycles. The molecule has 2 heterocycles. The van der Waals surface area contributed by atoms with Crippen LogP contribution in [0.4, 0.5) is 0 Å². The van der Waals surface area contributed by atoms with E-state index in [-0.39, 0.29) is 5.41 Å². The van der Waals surface area contributed by atoms with Gasteiger partial charge in [0, 0.05) is 10.8 Å². The molecule has 0 aliphatic rings. The molecule has 0 aromatic carbocycles. The second-order valence-electron chi connectivity index (χ2n) is 5.27. The zero-order valence-corrected chi connectivity index (χ0v) is 12.1. The quantitative estimate of drug-likeness (QED) is 0.916. The molecule has 2 rings (SSSR count). The molecule has 6 heteroatoms. The first-order valence-corrected chi connectivity index (χ1v) is 6.85. The van der Waals surface area contributed by atoms with Crippen LogP contribution in [0.1, 0.15) is 37.3 Å². The van der Waals surface area contributed by atoms with E-state index in [1.165, 1.54) is 0 Å². The van der Waals surface area contributed by atoms with Gasteiger partial charge in [0.1, 0.15) is 11.3 Å². The summed E-state index contributed by atoms with van der Waals surface area (Å²) < 4.78 is 1.83. The Balaban J connectivity index is 2.06. The van der Waals surface area contributed by atoms with Crippen LogP contribution in [0, 0.1) is 0 Å². The Kier molecular flexibility index (Phi) is 3.77. The molecule has 0 bridgehead atoms. The molecule has 0 saturated carbocycles. The number of nitrogens with one attached hydrogen (secondary N) is 1. The van der Waals surface area contributed by atoms with Crippen LogP contribution in [0.2, 0.25) is 0 Å². The maximum Gasteiger partial charge on any atom is 0.164 e. The van der Waals surface area contributed by atoms with Crippen molar-refractivity contribution in [2.45, 2.75) is 39.3 Å². The first-order chi connectivity index (χ1) is 8.49. The summed E-state index contributed by atoms with van der Waals surface area (Å²) >= 11 is 1.68. The number of hydrogen-bond acceptors (Lipinski definition) is 5. The van der Waals surface area contributed by atoms with Crippen LogP contribution in [0.15, 0.2) is 11.7 Å². The average Bonchev–Trinajstić information content (AvgIpc) is 2.88. The molecule has 0 saturated heterocycles. The lowest BCUT2D eigenvalue weighted by atomic mass is 9.93. The summed E-state index contributed by atoms with van der Waals surface area (Å²) in [6.45, 7) is 7.90. The summed E-state index contributed by atoms with van der Waals surface area (Å²) in [5, 5.41) is 10.6. The highest BCUT2D eigenvalue weighted by Crippen LogP contribution is 2.24. The number of thiazole rings is 1.